The minimum absolute atomic E-state index is 0.0292. The molecule has 0 aliphatic carbocycles. The van der Waals surface area contributed by atoms with Crippen LogP contribution in [0.2, 0.25) is 39.3 Å². The maximum absolute atomic E-state index is 6.44. The van der Waals surface area contributed by atoms with Crippen LogP contribution in [0.15, 0.2) is 21.3 Å². The van der Waals surface area contributed by atoms with Gasteiger partial charge in [-0.05, 0) is 91.8 Å². The van der Waals surface area contributed by atoms with Crippen molar-refractivity contribution in [1.82, 2.24) is 0 Å². The molecule has 0 rings (SSSR count). The molecule has 0 saturated heterocycles. The summed E-state index contributed by atoms with van der Waals surface area (Å²) in [5, 5.41) is 0. The Morgan fingerprint density at radius 3 is 1.75 bits per heavy atom. The van der Waals surface area contributed by atoms with Gasteiger partial charge in [0.15, 0.2) is 16.6 Å². The predicted molar refractivity (Wildman–Crippen MR) is 104 cm³/mol. The molecule has 118 valence electrons. The SMILES string of the molecule is C/C=C\C(=C(/C)I)[C@@H](O[Si](C)(C)C)[C@@H](C)O[Si](C)(C)C. The first kappa shape index (κ1) is 20.6. The van der Waals surface area contributed by atoms with Crippen LogP contribution in [0.25, 0.3) is 0 Å². The number of allylic oxidation sites excluding steroid dienone is 2. The molecule has 0 radical (unpaired) electrons. The summed E-state index contributed by atoms with van der Waals surface area (Å²) >= 11 is 2.38. The van der Waals surface area contributed by atoms with Gasteiger partial charge in [-0.15, -0.1) is 0 Å². The van der Waals surface area contributed by atoms with Gasteiger partial charge in [-0.25, -0.2) is 0 Å². The van der Waals surface area contributed by atoms with Crippen LogP contribution in [0.3, 0.4) is 0 Å². The van der Waals surface area contributed by atoms with Crippen molar-refractivity contribution >= 4 is 39.2 Å². The van der Waals surface area contributed by atoms with Gasteiger partial charge in [-0.3, -0.25) is 0 Å². The highest BCUT2D eigenvalue weighted by molar-refractivity contribution is 14.1. The first-order valence-corrected chi connectivity index (χ1v) is 15.1. The Hall–Kier alpha value is 0.564. The van der Waals surface area contributed by atoms with Gasteiger partial charge in [0.05, 0.1) is 12.2 Å². The first-order chi connectivity index (χ1) is 8.87. The second-order valence-electron chi connectivity index (χ2n) is 7.07. The van der Waals surface area contributed by atoms with E-state index in [0.29, 0.717) is 0 Å². The molecular formula is C15H31IO2Si2. The smallest absolute Gasteiger partial charge is 0.184 e. The van der Waals surface area contributed by atoms with E-state index in [4.69, 9.17) is 8.85 Å². The Morgan fingerprint density at radius 2 is 1.45 bits per heavy atom. The topological polar surface area (TPSA) is 18.5 Å². The lowest BCUT2D eigenvalue weighted by molar-refractivity contribution is 0.0806. The van der Waals surface area contributed by atoms with E-state index in [1.165, 1.54) is 9.15 Å². The molecule has 5 heteroatoms. The average Bonchev–Trinajstić information content (AvgIpc) is 2.18. The molecule has 0 heterocycles. The normalized spacial score (nSPS) is 18.1. The van der Waals surface area contributed by atoms with Crippen molar-refractivity contribution < 1.29 is 8.85 Å². The molecule has 0 aliphatic heterocycles. The lowest BCUT2D eigenvalue weighted by atomic mass is 10.1. The van der Waals surface area contributed by atoms with E-state index >= 15 is 0 Å². The Bertz CT molecular complexity index is 361. The zero-order valence-corrected chi connectivity index (χ0v) is 18.7. The standard InChI is InChI=1S/C15H31IO2Si2/c1-10-11-14(12(2)16)15(18-20(7,8)9)13(3)17-19(4,5)6/h10-11,13,15H,1-9H3/b11-10-,14-12-/t13-,15+/m1/s1. The Morgan fingerprint density at radius 1 is 1.00 bits per heavy atom. The Kier molecular flexibility index (Phi) is 8.50. The maximum atomic E-state index is 6.44. The second-order valence-corrected chi connectivity index (χ2v) is 17.6. The lowest BCUT2D eigenvalue weighted by Crippen LogP contribution is -2.44. The van der Waals surface area contributed by atoms with E-state index < -0.39 is 16.6 Å². The van der Waals surface area contributed by atoms with Crippen LogP contribution in [0, 0.1) is 0 Å². The molecule has 0 fully saturated rings. The molecule has 0 bridgehead atoms. The summed E-state index contributed by atoms with van der Waals surface area (Å²) in [6.45, 7) is 19.7. The number of hydrogen-bond acceptors (Lipinski definition) is 2. The van der Waals surface area contributed by atoms with E-state index in [1.807, 2.05) is 0 Å². The summed E-state index contributed by atoms with van der Waals surface area (Å²) < 4.78 is 14.0. The summed E-state index contributed by atoms with van der Waals surface area (Å²) in [5.74, 6) is 0. The quantitative estimate of drug-likeness (QED) is 0.294. The molecule has 0 aromatic rings. The minimum atomic E-state index is -1.63. The van der Waals surface area contributed by atoms with Gasteiger partial charge >= 0.3 is 0 Å². The molecule has 0 amide bonds. The fraction of sp³-hybridized carbons (Fsp3) is 0.733. The van der Waals surface area contributed by atoms with E-state index in [9.17, 15) is 0 Å². The number of halogens is 1. The van der Waals surface area contributed by atoms with Gasteiger partial charge in [-0.1, -0.05) is 12.2 Å². The highest BCUT2D eigenvalue weighted by Crippen LogP contribution is 2.27. The molecule has 2 atom stereocenters. The Labute approximate surface area is 141 Å². The molecule has 0 spiro atoms. The van der Waals surface area contributed by atoms with Crippen LogP contribution in [0.4, 0.5) is 0 Å². The monoisotopic (exact) mass is 426 g/mol. The first-order valence-electron chi connectivity index (χ1n) is 7.22. The van der Waals surface area contributed by atoms with Crippen LogP contribution in [0.1, 0.15) is 20.8 Å². The maximum Gasteiger partial charge on any atom is 0.184 e. The molecular weight excluding hydrogens is 395 g/mol. The van der Waals surface area contributed by atoms with Crippen LogP contribution >= 0.6 is 22.6 Å². The number of rotatable bonds is 7. The van der Waals surface area contributed by atoms with Crippen molar-refractivity contribution in [1.29, 1.82) is 0 Å². The minimum Gasteiger partial charge on any atom is -0.412 e. The van der Waals surface area contributed by atoms with Gasteiger partial charge in [0.1, 0.15) is 0 Å². The van der Waals surface area contributed by atoms with Crippen LogP contribution in [-0.2, 0) is 8.85 Å². The summed E-state index contributed by atoms with van der Waals surface area (Å²) in [5.41, 5.74) is 1.25. The van der Waals surface area contributed by atoms with Crippen molar-refractivity contribution in [2.24, 2.45) is 0 Å². The second kappa shape index (κ2) is 8.26. The summed E-state index contributed by atoms with van der Waals surface area (Å²) in [4.78, 5) is 0. The van der Waals surface area contributed by atoms with E-state index in [-0.39, 0.29) is 12.2 Å². The van der Waals surface area contributed by atoms with E-state index in [0.717, 1.165) is 0 Å². The van der Waals surface area contributed by atoms with Gasteiger partial charge in [0, 0.05) is 0 Å². The van der Waals surface area contributed by atoms with Crippen molar-refractivity contribution in [2.75, 3.05) is 0 Å². The van der Waals surface area contributed by atoms with Gasteiger partial charge in [-0.2, -0.15) is 0 Å². The van der Waals surface area contributed by atoms with Gasteiger partial charge < -0.3 is 8.85 Å². The summed E-state index contributed by atoms with van der Waals surface area (Å²) in [7, 11) is -3.21. The van der Waals surface area contributed by atoms with Crippen molar-refractivity contribution in [2.45, 2.75) is 72.3 Å². The molecule has 0 unspecified atom stereocenters. The molecule has 20 heavy (non-hydrogen) atoms. The predicted octanol–water partition coefficient (Wildman–Crippen LogP) is 5.73. The fourth-order valence-electron chi connectivity index (χ4n) is 2.00. The van der Waals surface area contributed by atoms with E-state index in [2.05, 4.69) is 94.8 Å². The third kappa shape index (κ3) is 8.76. The molecule has 0 aromatic heterocycles. The van der Waals surface area contributed by atoms with Gasteiger partial charge in [0.2, 0.25) is 0 Å². The van der Waals surface area contributed by atoms with E-state index in [1.54, 1.807) is 0 Å². The van der Waals surface area contributed by atoms with Gasteiger partial charge in [0.25, 0.3) is 0 Å². The highest BCUT2D eigenvalue weighted by atomic mass is 127. The lowest BCUT2D eigenvalue weighted by Gasteiger charge is -2.35. The third-order valence-electron chi connectivity index (χ3n) is 2.50. The zero-order chi connectivity index (χ0) is 16.1. The Balaban J connectivity index is 5.43. The van der Waals surface area contributed by atoms with Crippen LogP contribution in [0.5, 0.6) is 0 Å². The van der Waals surface area contributed by atoms with Crippen LogP contribution < -0.4 is 0 Å². The largest absolute Gasteiger partial charge is 0.412 e. The van der Waals surface area contributed by atoms with Crippen molar-refractivity contribution in [3.8, 4) is 0 Å². The molecule has 0 saturated carbocycles. The molecule has 2 nitrogen and oxygen atoms in total. The molecule has 0 aromatic carbocycles. The molecule has 0 N–H and O–H groups in total. The van der Waals surface area contributed by atoms with Crippen molar-refractivity contribution in [3.05, 3.63) is 21.3 Å². The number of hydrogen-bond donors (Lipinski definition) is 0. The fourth-order valence-corrected chi connectivity index (χ4v) is 4.80. The van der Waals surface area contributed by atoms with Crippen LogP contribution in [-0.4, -0.2) is 28.8 Å². The average molecular weight is 426 g/mol. The third-order valence-corrected chi connectivity index (χ3v) is 5.16. The zero-order valence-electron chi connectivity index (χ0n) is 14.5. The summed E-state index contributed by atoms with van der Waals surface area (Å²) in [6.07, 6.45) is 4.36. The summed E-state index contributed by atoms with van der Waals surface area (Å²) in [6, 6.07) is 0. The molecule has 0 aliphatic rings. The van der Waals surface area contributed by atoms with Crippen molar-refractivity contribution in [3.63, 3.8) is 0 Å². The highest BCUT2D eigenvalue weighted by Gasteiger charge is 2.31.